The molecule has 1 heterocycles. The van der Waals surface area contributed by atoms with Gasteiger partial charge in [-0.1, -0.05) is 0 Å². The van der Waals surface area contributed by atoms with E-state index in [1.165, 1.54) is 18.7 Å². The molecule has 9 heteroatoms. The van der Waals surface area contributed by atoms with Crippen LogP contribution in [0.25, 0.3) is 0 Å². The normalized spacial score (nSPS) is 20.3. The third-order valence-electron chi connectivity index (χ3n) is 2.89. The summed E-state index contributed by atoms with van der Waals surface area (Å²) in [6, 6.07) is -2.58. The largest absolute Gasteiger partial charge is 0.480 e. The molecule has 1 unspecified atom stereocenters. The minimum Gasteiger partial charge on any atom is -0.480 e. The van der Waals surface area contributed by atoms with Crippen LogP contribution in [0.1, 0.15) is 13.3 Å². The molecule has 0 spiro atoms. The molecule has 0 aromatic rings. The fourth-order valence-electron chi connectivity index (χ4n) is 1.69. The molecule has 0 aromatic heterocycles. The van der Waals surface area contributed by atoms with Crippen molar-refractivity contribution >= 4 is 35.6 Å². The van der Waals surface area contributed by atoms with Gasteiger partial charge in [-0.15, -0.1) is 0 Å². The minimum absolute atomic E-state index is 0.268. The summed E-state index contributed by atoms with van der Waals surface area (Å²) in [6.07, 6.45) is 2.10. The van der Waals surface area contributed by atoms with E-state index in [1.807, 2.05) is 6.26 Å². The standard InChI is InChI=1S/C11H17N3O5S/c1-6-9(16)13-8(15)5-14(6)11(19)12-7(10(17)18)3-4-20-2/h6-7H,3-5H2,1-2H3,(H,12,19)(H,17,18)(H,13,15,16)/t6?,7-/m0/s1. The van der Waals surface area contributed by atoms with Gasteiger partial charge in [0.1, 0.15) is 18.6 Å². The van der Waals surface area contributed by atoms with Crippen LogP contribution in [-0.4, -0.2) is 64.5 Å². The van der Waals surface area contributed by atoms with Gasteiger partial charge in [-0.05, 0) is 25.4 Å². The Kier molecular flexibility index (Phi) is 5.81. The highest BCUT2D eigenvalue weighted by atomic mass is 32.2. The van der Waals surface area contributed by atoms with Crippen molar-refractivity contribution in [1.29, 1.82) is 0 Å². The molecule has 2 atom stereocenters. The zero-order chi connectivity index (χ0) is 15.3. The zero-order valence-corrected chi connectivity index (χ0v) is 12.0. The molecule has 0 saturated carbocycles. The van der Waals surface area contributed by atoms with Crippen LogP contribution in [-0.2, 0) is 14.4 Å². The van der Waals surface area contributed by atoms with Crippen molar-refractivity contribution in [2.24, 2.45) is 0 Å². The molecule has 1 aliphatic heterocycles. The van der Waals surface area contributed by atoms with Gasteiger partial charge in [0.2, 0.25) is 11.8 Å². The summed E-state index contributed by atoms with van der Waals surface area (Å²) in [7, 11) is 0. The third kappa shape index (κ3) is 4.12. The van der Waals surface area contributed by atoms with Crippen molar-refractivity contribution in [3.63, 3.8) is 0 Å². The lowest BCUT2D eigenvalue weighted by molar-refractivity contribution is -0.139. The Bertz CT molecular complexity index is 428. The van der Waals surface area contributed by atoms with Gasteiger partial charge in [-0.3, -0.25) is 14.9 Å². The lowest BCUT2D eigenvalue weighted by Crippen LogP contribution is -2.62. The van der Waals surface area contributed by atoms with E-state index in [0.717, 1.165) is 4.90 Å². The maximum absolute atomic E-state index is 12.0. The number of hydrogen-bond donors (Lipinski definition) is 3. The van der Waals surface area contributed by atoms with Crippen molar-refractivity contribution in [2.45, 2.75) is 25.4 Å². The smallest absolute Gasteiger partial charge is 0.326 e. The number of thioether (sulfide) groups is 1. The molecule has 3 N–H and O–H groups in total. The third-order valence-corrected chi connectivity index (χ3v) is 3.53. The predicted octanol–water partition coefficient (Wildman–Crippen LogP) is -0.751. The zero-order valence-electron chi connectivity index (χ0n) is 11.2. The molecule has 1 saturated heterocycles. The van der Waals surface area contributed by atoms with Crippen molar-refractivity contribution in [1.82, 2.24) is 15.5 Å². The first-order valence-electron chi connectivity index (χ1n) is 5.99. The summed E-state index contributed by atoms with van der Waals surface area (Å²) in [5.41, 5.74) is 0. The summed E-state index contributed by atoms with van der Waals surface area (Å²) in [4.78, 5) is 46.7. The number of rotatable bonds is 5. The predicted molar refractivity (Wildman–Crippen MR) is 72.3 cm³/mol. The Morgan fingerprint density at radius 3 is 2.75 bits per heavy atom. The average molecular weight is 303 g/mol. The first-order chi connectivity index (χ1) is 9.36. The first-order valence-corrected chi connectivity index (χ1v) is 7.38. The topological polar surface area (TPSA) is 116 Å². The summed E-state index contributed by atoms with van der Waals surface area (Å²) in [5, 5.41) is 13.5. The molecule has 8 nitrogen and oxygen atoms in total. The van der Waals surface area contributed by atoms with E-state index in [9.17, 15) is 19.2 Å². The van der Waals surface area contributed by atoms with Crippen LogP contribution in [0, 0.1) is 0 Å². The number of nitrogens with one attached hydrogen (secondary N) is 2. The highest BCUT2D eigenvalue weighted by molar-refractivity contribution is 7.98. The van der Waals surface area contributed by atoms with Crippen molar-refractivity contribution < 1.29 is 24.3 Å². The summed E-state index contributed by atoms with van der Waals surface area (Å²) >= 11 is 1.46. The van der Waals surface area contributed by atoms with Crippen LogP contribution >= 0.6 is 11.8 Å². The van der Waals surface area contributed by atoms with E-state index in [0.29, 0.717) is 5.75 Å². The maximum atomic E-state index is 12.0. The number of piperazine rings is 1. The lowest BCUT2D eigenvalue weighted by atomic mass is 10.2. The van der Waals surface area contributed by atoms with Gasteiger partial charge >= 0.3 is 12.0 Å². The molecule has 1 aliphatic rings. The highest BCUT2D eigenvalue weighted by Crippen LogP contribution is 2.07. The minimum atomic E-state index is -1.15. The van der Waals surface area contributed by atoms with Crippen LogP contribution in [0.15, 0.2) is 0 Å². The highest BCUT2D eigenvalue weighted by Gasteiger charge is 2.35. The number of nitrogens with zero attached hydrogens (tertiary/aromatic N) is 1. The Morgan fingerprint density at radius 2 is 2.20 bits per heavy atom. The Hall–Kier alpha value is -1.77. The number of urea groups is 1. The van der Waals surface area contributed by atoms with Gasteiger partial charge < -0.3 is 15.3 Å². The van der Waals surface area contributed by atoms with E-state index in [4.69, 9.17) is 5.11 Å². The molecule has 0 aromatic carbocycles. The monoisotopic (exact) mass is 303 g/mol. The first kappa shape index (κ1) is 16.3. The van der Waals surface area contributed by atoms with Crippen LogP contribution in [0.5, 0.6) is 0 Å². The van der Waals surface area contributed by atoms with Gasteiger partial charge in [0.25, 0.3) is 0 Å². The molecule has 0 radical (unpaired) electrons. The second-order valence-electron chi connectivity index (χ2n) is 4.34. The van der Waals surface area contributed by atoms with Crippen molar-refractivity contribution in [3.8, 4) is 0 Å². The molecular formula is C11H17N3O5S. The SMILES string of the molecule is CSCC[C@H](NC(=O)N1CC(=O)NC(=O)C1C)C(=O)O. The maximum Gasteiger partial charge on any atom is 0.326 e. The van der Waals surface area contributed by atoms with E-state index in [1.54, 1.807) is 0 Å². The van der Waals surface area contributed by atoms with Crippen LogP contribution < -0.4 is 10.6 Å². The van der Waals surface area contributed by atoms with Crippen molar-refractivity contribution in [2.75, 3.05) is 18.6 Å². The van der Waals surface area contributed by atoms with E-state index < -0.39 is 35.9 Å². The molecule has 1 fully saturated rings. The van der Waals surface area contributed by atoms with Crippen molar-refractivity contribution in [3.05, 3.63) is 0 Å². The number of aliphatic carboxylic acids is 1. The fraction of sp³-hybridized carbons (Fsp3) is 0.636. The van der Waals surface area contributed by atoms with Gasteiger partial charge in [-0.25, -0.2) is 9.59 Å². The lowest BCUT2D eigenvalue weighted by Gasteiger charge is -2.32. The molecule has 0 bridgehead atoms. The Morgan fingerprint density at radius 1 is 1.55 bits per heavy atom. The van der Waals surface area contributed by atoms with Crippen LogP contribution in [0.2, 0.25) is 0 Å². The fourth-order valence-corrected chi connectivity index (χ4v) is 2.16. The number of amides is 4. The molecule has 0 aliphatic carbocycles. The number of imide groups is 1. The second-order valence-corrected chi connectivity index (χ2v) is 5.32. The van der Waals surface area contributed by atoms with Gasteiger partial charge in [0.05, 0.1) is 0 Å². The van der Waals surface area contributed by atoms with E-state index in [2.05, 4.69) is 10.6 Å². The van der Waals surface area contributed by atoms with E-state index in [-0.39, 0.29) is 13.0 Å². The van der Waals surface area contributed by atoms with Crippen LogP contribution in [0.4, 0.5) is 4.79 Å². The Labute approximate surface area is 120 Å². The second kappa shape index (κ2) is 7.13. The quantitative estimate of drug-likeness (QED) is 0.576. The Balaban J connectivity index is 2.69. The van der Waals surface area contributed by atoms with Gasteiger partial charge in [-0.2, -0.15) is 11.8 Å². The summed E-state index contributed by atoms with van der Waals surface area (Å²) < 4.78 is 0. The summed E-state index contributed by atoms with van der Waals surface area (Å²) in [5.74, 6) is -1.73. The van der Waals surface area contributed by atoms with Gasteiger partial charge in [0.15, 0.2) is 0 Å². The summed E-state index contributed by atoms with van der Waals surface area (Å²) in [6.45, 7) is 1.20. The van der Waals surface area contributed by atoms with Gasteiger partial charge in [0, 0.05) is 0 Å². The molecular weight excluding hydrogens is 286 g/mol. The average Bonchev–Trinajstić information content (AvgIpc) is 2.38. The molecule has 20 heavy (non-hydrogen) atoms. The number of carbonyl (C=O) groups is 4. The number of carboxylic acid groups (broad SMARTS) is 1. The van der Waals surface area contributed by atoms with Crippen LogP contribution in [0.3, 0.4) is 0 Å². The number of hydrogen-bond acceptors (Lipinski definition) is 5. The van der Waals surface area contributed by atoms with E-state index >= 15 is 0 Å². The number of carbonyl (C=O) groups excluding carboxylic acids is 3. The molecule has 4 amide bonds. The number of carboxylic acids is 1. The molecule has 112 valence electrons. The molecule has 1 rings (SSSR count).